The molecule has 0 amide bonds. The molecule has 2 fully saturated rings. The summed E-state index contributed by atoms with van der Waals surface area (Å²) in [6.07, 6.45) is 1.62. The molecule has 0 spiro atoms. The first-order valence-electron chi connectivity index (χ1n) is 10.7. The summed E-state index contributed by atoms with van der Waals surface area (Å²) in [6, 6.07) is 24.0. The zero-order valence-electron chi connectivity index (χ0n) is 19.9. The van der Waals surface area contributed by atoms with Crippen LogP contribution in [0.1, 0.15) is 20.3 Å². The molecule has 4 rings (SSSR count). The minimum atomic E-state index is 0.187. The van der Waals surface area contributed by atoms with E-state index in [1.165, 1.54) is 6.42 Å². The van der Waals surface area contributed by atoms with Crippen molar-refractivity contribution in [2.24, 2.45) is 0 Å². The summed E-state index contributed by atoms with van der Waals surface area (Å²) in [6.45, 7) is 5.54. The van der Waals surface area contributed by atoms with E-state index >= 15 is 0 Å². The van der Waals surface area contributed by atoms with Gasteiger partial charge in [0.25, 0.3) is 0 Å². The van der Waals surface area contributed by atoms with Crippen LogP contribution in [-0.2, 0) is 18.9 Å². The second kappa shape index (κ2) is 24.0. The number of hydrogen-bond donors (Lipinski definition) is 0. The van der Waals surface area contributed by atoms with Crippen LogP contribution in [0.15, 0.2) is 72.8 Å². The summed E-state index contributed by atoms with van der Waals surface area (Å²) in [5.74, 6) is 1.87. The Morgan fingerprint density at radius 3 is 1.06 bits per heavy atom. The quantitative estimate of drug-likeness (QED) is 0.397. The standard InChI is InChI=1S/2C6H6.2C5H8O2S2.C3H8/c2*1-2-4-6-5-3-1;2*1-6-2-4-3-9-5(8)7-4;1-3-2/h2*1-6H;2*4H,2-3H2,1H3;3H2,1-2H3. The minimum Gasteiger partial charge on any atom is -0.472 e. The molecule has 2 heterocycles. The van der Waals surface area contributed by atoms with E-state index in [0.29, 0.717) is 22.0 Å². The molecule has 0 aliphatic carbocycles. The molecule has 2 aliphatic rings. The van der Waals surface area contributed by atoms with Crippen molar-refractivity contribution in [3.63, 3.8) is 0 Å². The van der Waals surface area contributed by atoms with E-state index in [9.17, 15) is 0 Å². The first-order valence-corrected chi connectivity index (χ1v) is 13.5. The van der Waals surface area contributed by atoms with Crippen LogP contribution in [0.5, 0.6) is 0 Å². The molecular weight excluding hydrogens is 493 g/mol. The van der Waals surface area contributed by atoms with Gasteiger partial charge in [-0.25, -0.2) is 0 Å². The molecule has 0 aromatic heterocycles. The molecule has 4 nitrogen and oxygen atoms in total. The molecule has 184 valence electrons. The SMILES string of the molecule is CCC.COCC1CSC(=S)O1.COCC1CSC(=S)O1.c1ccccc1.c1ccccc1. The minimum absolute atomic E-state index is 0.187. The third-order valence-electron chi connectivity index (χ3n) is 3.34. The van der Waals surface area contributed by atoms with E-state index in [0.717, 1.165) is 11.5 Å². The Balaban J connectivity index is 0.000000404. The second-order valence-corrected chi connectivity index (χ2v) is 9.77. The normalized spacial score (nSPS) is 17.8. The molecule has 0 bridgehead atoms. The maximum absolute atomic E-state index is 5.17. The molecule has 8 heteroatoms. The second-order valence-electron chi connectivity index (χ2n) is 6.53. The molecule has 2 unspecified atom stereocenters. The molecule has 2 aromatic carbocycles. The summed E-state index contributed by atoms with van der Waals surface area (Å²) >= 11 is 12.7. The first kappa shape index (κ1) is 31.8. The highest BCUT2D eigenvalue weighted by Gasteiger charge is 2.21. The van der Waals surface area contributed by atoms with Crippen molar-refractivity contribution in [1.29, 1.82) is 0 Å². The molecule has 33 heavy (non-hydrogen) atoms. The Kier molecular flexibility index (Phi) is 23.1. The Morgan fingerprint density at radius 2 is 0.909 bits per heavy atom. The third-order valence-corrected chi connectivity index (χ3v) is 5.98. The summed E-state index contributed by atoms with van der Waals surface area (Å²) < 4.78 is 21.4. The fourth-order valence-electron chi connectivity index (χ4n) is 2.04. The average Bonchev–Trinajstić information content (AvgIpc) is 3.46. The summed E-state index contributed by atoms with van der Waals surface area (Å²) in [7, 11) is 3.32. The van der Waals surface area contributed by atoms with Crippen molar-refractivity contribution in [2.75, 3.05) is 38.9 Å². The zero-order chi connectivity index (χ0) is 24.6. The van der Waals surface area contributed by atoms with Gasteiger partial charge in [0.05, 0.1) is 13.2 Å². The Morgan fingerprint density at radius 1 is 0.667 bits per heavy atom. The fourth-order valence-corrected chi connectivity index (χ4v) is 4.10. The predicted molar refractivity (Wildman–Crippen MR) is 152 cm³/mol. The molecule has 2 atom stereocenters. The zero-order valence-corrected chi connectivity index (χ0v) is 23.2. The van der Waals surface area contributed by atoms with Crippen LogP contribution >= 0.6 is 48.0 Å². The van der Waals surface area contributed by atoms with E-state index in [1.54, 1.807) is 37.7 Å². The third kappa shape index (κ3) is 21.1. The van der Waals surface area contributed by atoms with Gasteiger partial charge in [0.15, 0.2) is 0 Å². The molecule has 2 saturated heterocycles. The van der Waals surface area contributed by atoms with Crippen molar-refractivity contribution in [1.82, 2.24) is 0 Å². The van der Waals surface area contributed by atoms with E-state index in [-0.39, 0.29) is 12.2 Å². The molecule has 0 saturated carbocycles. The number of benzene rings is 2. The van der Waals surface area contributed by atoms with E-state index in [4.69, 9.17) is 43.4 Å². The van der Waals surface area contributed by atoms with Crippen LogP contribution in [0.3, 0.4) is 0 Å². The average molecular weight is 529 g/mol. The van der Waals surface area contributed by atoms with E-state index in [1.807, 2.05) is 72.8 Å². The van der Waals surface area contributed by atoms with E-state index < -0.39 is 0 Å². The fraction of sp³-hybridized carbons (Fsp3) is 0.440. The first-order chi connectivity index (χ1) is 16.1. The lowest BCUT2D eigenvalue weighted by atomic mass is 10.4. The van der Waals surface area contributed by atoms with Gasteiger partial charge in [0, 0.05) is 25.7 Å². The molecule has 2 aliphatic heterocycles. The maximum atomic E-state index is 5.17. The summed E-state index contributed by atoms with van der Waals surface area (Å²) in [4.78, 5) is 0. The van der Waals surface area contributed by atoms with Crippen molar-refractivity contribution in [3.05, 3.63) is 72.8 Å². The van der Waals surface area contributed by atoms with Crippen LogP contribution in [0.25, 0.3) is 0 Å². The smallest absolute Gasteiger partial charge is 0.220 e. The van der Waals surface area contributed by atoms with Crippen LogP contribution in [0, 0.1) is 0 Å². The predicted octanol–water partition coefficient (Wildman–Crippen LogP) is 6.89. The highest BCUT2D eigenvalue weighted by atomic mass is 32.2. The largest absolute Gasteiger partial charge is 0.472 e. The Labute approximate surface area is 219 Å². The van der Waals surface area contributed by atoms with Crippen LogP contribution in [0.4, 0.5) is 0 Å². The molecule has 0 radical (unpaired) electrons. The number of methoxy groups -OCH3 is 2. The van der Waals surface area contributed by atoms with Crippen molar-refractivity contribution in [3.8, 4) is 0 Å². The number of thioether (sulfide) groups is 2. The van der Waals surface area contributed by atoms with E-state index in [2.05, 4.69) is 13.8 Å². The van der Waals surface area contributed by atoms with Gasteiger partial charge in [-0.3, -0.25) is 0 Å². The summed E-state index contributed by atoms with van der Waals surface area (Å²) in [5.41, 5.74) is 0. The van der Waals surface area contributed by atoms with Crippen LogP contribution in [0.2, 0.25) is 0 Å². The van der Waals surface area contributed by atoms with Gasteiger partial charge in [-0.2, -0.15) is 0 Å². The molecular formula is C25H36O4S4. The van der Waals surface area contributed by atoms with Gasteiger partial charge in [-0.05, 0) is 24.4 Å². The van der Waals surface area contributed by atoms with Gasteiger partial charge in [0.1, 0.15) is 12.2 Å². The van der Waals surface area contributed by atoms with Gasteiger partial charge >= 0.3 is 0 Å². The topological polar surface area (TPSA) is 36.9 Å². The maximum Gasteiger partial charge on any atom is 0.220 e. The summed E-state index contributed by atoms with van der Waals surface area (Å²) in [5, 5.41) is 0. The lowest BCUT2D eigenvalue weighted by molar-refractivity contribution is 0.0971. The van der Waals surface area contributed by atoms with Gasteiger partial charge in [-0.15, -0.1) is 0 Å². The Bertz CT molecular complexity index is 576. The molecule has 0 N–H and O–H groups in total. The molecule has 2 aromatic rings. The highest BCUT2D eigenvalue weighted by Crippen LogP contribution is 2.20. The van der Waals surface area contributed by atoms with Crippen molar-refractivity contribution >= 4 is 56.7 Å². The number of ether oxygens (including phenoxy) is 4. The lowest BCUT2D eigenvalue weighted by Crippen LogP contribution is -2.15. The lowest BCUT2D eigenvalue weighted by Gasteiger charge is -2.05. The van der Waals surface area contributed by atoms with Gasteiger partial charge in [0.2, 0.25) is 8.77 Å². The number of rotatable bonds is 4. The number of hydrogen-bond acceptors (Lipinski definition) is 8. The Hall–Kier alpha value is -1.16. The van der Waals surface area contributed by atoms with Crippen LogP contribution < -0.4 is 0 Å². The van der Waals surface area contributed by atoms with Gasteiger partial charge < -0.3 is 18.9 Å². The monoisotopic (exact) mass is 528 g/mol. The van der Waals surface area contributed by atoms with Crippen LogP contribution in [-0.4, -0.2) is 59.9 Å². The number of thiocarbonyl (C=S) groups is 2. The van der Waals surface area contributed by atoms with Crippen molar-refractivity contribution in [2.45, 2.75) is 32.5 Å². The van der Waals surface area contributed by atoms with Gasteiger partial charge in [-0.1, -0.05) is 117 Å². The highest BCUT2D eigenvalue weighted by molar-refractivity contribution is 8.23. The van der Waals surface area contributed by atoms with Crippen molar-refractivity contribution < 1.29 is 18.9 Å².